The molecule has 0 bridgehead atoms. The maximum absolute atomic E-state index is 14.1. The van der Waals surface area contributed by atoms with Crippen LogP contribution in [0.3, 0.4) is 0 Å². The molecule has 1 rings (SSSR count). The number of hydrogen-bond donors (Lipinski definition) is 3. The van der Waals surface area contributed by atoms with Crippen LogP contribution in [0.4, 0.5) is 17.6 Å². The van der Waals surface area contributed by atoms with Gasteiger partial charge in [0.25, 0.3) is 5.91 Å². The molecule has 1 amide bonds. The van der Waals surface area contributed by atoms with E-state index in [2.05, 4.69) is 5.16 Å². The van der Waals surface area contributed by atoms with Gasteiger partial charge in [0.1, 0.15) is 12.2 Å². The lowest BCUT2D eigenvalue weighted by molar-refractivity contribution is 0.0418. The van der Waals surface area contributed by atoms with Gasteiger partial charge in [-0.05, 0) is 19.1 Å². The molecule has 13 heteroatoms. The summed E-state index contributed by atoms with van der Waals surface area (Å²) in [6, 6.07) is 0. The van der Waals surface area contributed by atoms with E-state index in [0.29, 0.717) is 25.2 Å². The quantitative estimate of drug-likeness (QED) is 0.0500. The number of methoxy groups -OCH3 is 1. The van der Waals surface area contributed by atoms with Crippen LogP contribution in [0.2, 0.25) is 0 Å². The van der Waals surface area contributed by atoms with E-state index in [4.69, 9.17) is 24.5 Å². The monoisotopic (exact) mass is 464 g/mol. The molecule has 0 aromatic heterocycles. The number of hydrogen-bond acceptors (Lipinski definition) is 7. The molecule has 0 radical (unpaired) electrons. The van der Waals surface area contributed by atoms with Crippen LogP contribution in [-0.4, -0.2) is 61.9 Å². The second-order valence-corrected chi connectivity index (χ2v) is 5.86. The minimum absolute atomic E-state index is 0.164. The third kappa shape index (κ3) is 7.35. The van der Waals surface area contributed by atoms with Crippen LogP contribution in [-0.2, 0) is 14.2 Å². The van der Waals surface area contributed by atoms with E-state index in [0.717, 1.165) is 6.08 Å². The van der Waals surface area contributed by atoms with Crippen molar-refractivity contribution in [2.75, 3.05) is 33.5 Å². The van der Waals surface area contributed by atoms with Crippen molar-refractivity contribution < 1.29 is 51.7 Å². The van der Waals surface area contributed by atoms with Crippen molar-refractivity contribution in [2.24, 2.45) is 5.16 Å². The lowest BCUT2D eigenvalue weighted by Gasteiger charge is -2.11. The zero-order valence-corrected chi connectivity index (χ0v) is 17.0. The predicted molar refractivity (Wildman–Crippen MR) is 101 cm³/mol. The first kappa shape index (κ1) is 26.6. The van der Waals surface area contributed by atoms with Crippen molar-refractivity contribution >= 4 is 18.1 Å². The highest BCUT2D eigenvalue weighted by atomic mass is 19.2. The Morgan fingerprint density at radius 1 is 0.969 bits per heavy atom. The molecule has 0 unspecified atom stereocenters. The molecule has 0 spiro atoms. The van der Waals surface area contributed by atoms with E-state index in [1.165, 1.54) is 20.1 Å². The van der Waals surface area contributed by atoms with E-state index in [1.54, 1.807) is 0 Å². The van der Waals surface area contributed by atoms with Gasteiger partial charge in [-0.15, -0.1) is 0 Å². The fourth-order valence-corrected chi connectivity index (χ4v) is 2.18. The molecule has 0 heterocycles. The largest absolute Gasteiger partial charge is 0.496 e. The standard InChI is InChI=1S/C19H20F4N2O7/c1-10(32-8-7-31-6-5-30-2)3-4-11(9-24-29)25-18(26)12-13(19(27)28)15(21)17(23)16(22)14(12)20/h3-4,9,29H,5-8H2,1-2H3,(H,25,26)(H,27,28)/b10-3+,11-4+,24-9+. The summed E-state index contributed by atoms with van der Waals surface area (Å²) in [5.74, 6) is -12.7. The molecule has 32 heavy (non-hydrogen) atoms. The van der Waals surface area contributed by atoms with Gasteiger partial charge in [0.2, 0.25) is 0 Å². The number of allylic oxidation sites excluding steroid dienone is 4. The van der Waals surface area contributed by atoms with E-state index in [1.807, 2.05) is 5.32 Å². The second-order valence-electron chi connectivity index (χ2n) is 5.86. The Kier molecular flexibility index (Phi) is 10.9. The minimum atomic E-state index is -2.38. The lowest BCUT2D eigenvalue weighted by atomic mass is 10.0. The number of carbonyl (C=O) groups excluding carboxylic acids is 1. The smallest absolute Gasteiger partial charge is 0.339 e. The Morgan fingerprint density at radius 2 is 1.56 bits per heavy atom. The molecule has 0 saturated heterocycles. The molecule has 3 N–H and O–H groups in total. The Hall–Kier alpha value is -3.45. The van der Waals surface area contributed by atoms with E-state index in [9.17, 15) is 27.2 Å². The summed E-state index contributed by atoms with van der Waals surface area (Å²) in [4.78, 5) is 23.5. The number of ether oxygens (including phenoxy) is 3. The van der Waals surface area contributed by atoms with Gasteiger partial charge >= 0.3 is 5.97 Å². The van der Waals surface area contributed by atoms with Crippen LogP contribution in [0.5, 0.6) is 0 Å². The topological polar surface area (TPSA) is 127 Å². The number of benzene rings is 1. The summed E-state index contributed by atoms with van der Waals surface area (Å²) in [6.45, 7) is 2.71. The minimum Gasteiger partial charge on any atom is -0.496 e. The second kappa shape index (κ2) is 13.1. The predicted octanol–water partition coefficient (Wildman–Crippen LogP) is 2.60. The highest BCUT2D eigenvalue weighted by Crippen LogP contribution is 2.24. The molecule has 0 saturated carbocycles. The third-order valence-electron chi connectivity index (χ3n) is 3.65. The number of halogens is 4. The van der Waals surface area contributed by atoms with Gasteiger partial charge in [0.15, 0.2) is 23.3 Å². The van der Waals surface area contributed by atoms with Crippen LogP contribution in [0.1, 0.15) is 27.6 Å². The highest BCUT2D eigenvalue weighted by molar-refractivity contribution is 6.07. The Morgan fingerprint density at radius 3 is 2.12 bits per heavy atom. The Bertz CT molecular complexity index is 933. The summed E-state index contributed by atoms with van der Waals surface area (Å²) in [6.07, 6.45) is 3.05. The first-order valence-electron chi connectivity index (χ1n) is 8.81. The fourth-order valence-electron chi connectivity index (χ4n) is 2.18. The average Bonchev–Trinajstić information content (AvgIpc) is 2.75. The number of oxime groups is 1. The summed E-state index contributed by atoms with van der Waals surface area (Å²) < 4.78 is 70.0. The number of nitrogens with zero attached hydrogens (tertiary/aromatic N) is 1. The van der Waals surface area contributed by atoms with Crippen molar-refractivity contribution in [3.05, 3.63) is 58.0 Å². The normalized spacial score (nSPS) is 12.3. The van der Waals surface area contributed by atoms with Gasteiger partial charge < -0.3 is 29.8 Å². The van der Waals surface area contributed by atoms with Gasteiger partial charge in [-0.2, -0.15) is 0 Å². The molecular weight excluding hydrogens is 444 g/mol. The number of rotatable bonds is 12. The number of aromatic carboxylic acids is 1. The Labute approximate surface area is 179 Å². The number of carboxylic acid groups (broad SMARTS) is 1. The zero-order valence-electron chi connectivity index (χ0n) is 17.0. The number of amides is 1. The van der Waals surface area contributed by atoms with Crippen LogP contribution >= 0.6 is 0 Å². The first-order chi connectivity index (χ1) is 15.1. The van der Waals surface area contributed by atoms with Crippen molar-refractivity contribution in [3.8, 4) is 0 Å². The van der Waals surface area contributed by atoms with E-state index in [-0.39, 0.29) is 18.9 Å². The summed E-state index contributed by atoms with van der Waals surface area (Å²) >= 11 is 0. The number of carboxylic acids is 1. The summed E-state index contributed by atoms with van der Waals surface area (Å²) in [7, 11) is 1.52. The van der Waals surface area contributed by atoms with Gasteiger partial charge in [0, 0.05) is 7.11 Å². The van der Waals surface area contributed by atoms with Gasteiger partial charge in [-0.1, -0.05) is 5.16 Å². The lowest BCUT2D eigenvalue weighted by Crippen LogP contribution is -2.28. The summed E-state index contributed by atoms with van der Waals surface area (Å²) in [5.41, 5.74) is -3.64. The maximum atomic E-state index is 14.1. The van der Waals surface area contributed by atoms with Gasteiger partial charge in [0.05, 0.1) is 43.1 Å². The van der Waals surface area contributed by atoms with Crippen molar-refractivity contribution in [1.82, 2.24) is 5.32 Å². The molecular formula is C19H20F4N2O7. The van der Waals surface area contributed by atoms with E-state index < -0.39 is 46.3 Å². The first-order valence-corrected chi connectivity index (χ1v) is 8.81. The highest BCUT2D eigenvalue weighted by Gasteiger charge is 2.32. The molecule has 1 aromatic carbocycles. The van der Waals surface area contributed by atoms with Crippen LogP contribution in [0.15, 0.2) is 28.8 Å². The molecule has 0 aliphatic heterocycles. The molecule has 9 nitrogen and oxygen atoms in total. The Balaban J connectivity index is 3.04. The molecule has 0 aliphatic rings. The van der Waals surface area contributed by atoms with Crippen LogP contribution in [0, 0.1) is 23.3 Å². The maximum Gasteiger partial charge on any atom is 0.339 e. The molecule has 0 atom stereocenters. The molecule has 176 valence electrons. The van der Waals surface area contributed by atoms with Crippen LogP contribution in [0.25, 0.3) is 0 Å². The fraction of sp³-hybridized carbons (Fsp3) is 0.316. The van der Waals surface area contributed by atoms with E-state index >= 15 is 0 Å². The van der Waals surface area contributed by atoms with Crippen molar-refractivity contribution in [2.45, 2.75) is 6.92 Å². The molecule has 1 aromatic rings. The molecule has 0 fully saturated rings. The number of nitrogens with one attached hydrogen (secondary N) is 1. The average molecular weight is 464 g/mol. The summed E-state index contributed by atoms with van der Waals surface area (Å²) in [5, 5.41) is 22.3. The molecule has 0 aliphatic carbocycles. The van der Waals surface area contributed by atoms with Gasteiger partial charge in [-0.25, -0.2) is 22.4 Å². The third-order valence-corrected chi connectivity index (χ3v) is 3.65. The van der Waals surface area contributed by atoms with Crippen molar-refractivity contribution in [1.29, 1.82) is 0 Å². The number of carbonyl (C=O) groups is 2. The van der Waals surface area contributed by atoms with Crippen molar-refractivity contribution in [3.63, 3.8) is 0 Å². The van der Waals surface area contributed by atoms with Gasteiger partial charge in [-0.3, -0.25) is 4.79 Å². The zero-order chi connectivity index (χ0) is 24.3. The van der Waals surface area contributed by atoms with Crippen LogP contribution < -0.4 is 5.32 Å². The SMILES string of the molecule is COCCOCCO/C(C)=C/C=C(\C=N\O)NC(=O)c1c(F)c(F)c(F)c(F)c1C(=O)O.